The summed E-state index contributed by atoms with van der Waals surface area (Å²) in [6.07, 6.45) is 1.79. The summed E-state index contributed by atoms with van der Waals surface area (Å²) in [4.78, 5) is 16.5. The van der Waals surface area contributed by atoms with Crippen molar-refractivity contribution in [2.75, 3.05) is 13.7 Å². The molecule has 0 aliphatic rings. The number of esters is 1. The van der Waals surface area contributed by atoms with Gasteiger partial charge in [-0.15, -0.1) is 0 Å². The molecule has 2 aromatic rings. The fraction of sp³-hybridized carbons (Fsp3) is 0.455. The zero-order valence-electron chi connectivity index (χ0n) is 17.8. The molecule has 0 saturated carbocycles. The van der Waals surface area contributed by atoms with Crippen LogP contribution in [0.4, 0.5) is 0 Å². The normalized spacial score (nSPS) is 13.2. The van der Waals surface area contributed by atoms with Gasteiger partial charge in [0.1, 0.15) is 6.04 Å². The molecule has 0 aliphatic heterocycles. The average molecular weight is 401 g/mol. The van der Waals surface area contributed by atoms with Crippen LogP contribution in [0.3, 0.4) is 0 Å². The Morgan fingerprint density at radius 3 is 2.36 bits per heavy atom. The number of carbonyl (C=O) groups excluding carboxylic acids is 1. The summed E-state index contributed by atoms with van der Waals surface area (Å²) in [7, 11) is -0.527. The van der Waals surface area contributed by atoms with E-state index in [1.54, 1.807) is 6.20 Å². The number of benzene rings is 1. The Morgan fingerprint density at radius 1 is 1.14 bits per heavy atom. The van der Waals surface area contributed by atoms with Crippen LogP contribution < -0.4 is 5.32 Å². The van der Waals surface area contributed by atoms with Crippen molar-refractivity contribution in [3.63, 3.8) is 0 Å². The number of carbonyl (C=O) groups is 1. The van der Waals surface area contributed by atoms with Gasteiger partial charge in [0.05, 0.1) is 19.4 Å². The van der Waals surface area contributed by atoms with Gasteiger partial charge in [-0.05, 0) is 35.8 Å². The quantitative estimate of drug-likeness (QED) is 0.526. The lowest BCUT2D eigenvalue weighted by atomic mass is 10.1. The second-order valence-electron chi connectivity index (χ2n) is 8.44. The van der Waals surface area contributed by atoms with Crippen molar-refractivity contribution in [3.05, 3.63) is 54.2 Å². The van der Waals surface area contributed by atoms with Crippen LogP contribution in [0.1, 0.15) is 26.3 Å². The molecule has 1 N–H and O–H groups in total. The molecule has 0 aliphatic carbocycles. The number of hydrogen-bond donors (Lipinski definition) is 1. The van der Waals surface area contributed by atoms with E-state index in [0.717, 1.165) is 16.8 Å². The minimum Gasteiger partial charge on any atom is -0.468 e. The third kappa shape index (κ3) is 5.99. The van der Waals surface area contributed by atoms with Gasteiger partial charge in [0.2, 0.25) is 0 Å². The van der Waals surface area contributed by atoms with Gasteiger partial charge in [0.25, 0.3) is 0 Å². The van der Waals surface area contributed by atoms with Crippen molar-refractivity contribution in [1.82, 2.24) is 10.3 Å². The van der Waals surface area contributed by atoms with Crippen molar-refractivity contribution < 1.29 is 14.0 Å². The fourth-order valence-electron chi connectivity index (χ4n) is 2.43. The Hall–Kier alpha value is -2.02. The van der Waals surface area contributed by atoms with Gasteiger partial charge in [-0.1, -0.05) is 51.1 Å². The van der Waals surface area contributed by atoms with Gasteiger partial charge in [-0.3, -0.25) is 15.1 Å². The summed E-state index contributed by atoms with van der Waals surface area (Å²) < 4.78 is 11.2. The van der Waals surface area contributed by atoms with E-state index < -0.39 is 14.4 Å². The van der Waals surface area contributed by atoms with Gasteiger partial charge in [0, 0.05) is 18.3 Å². The van der Waals surface area contributed by atoms with Crippen molar-refractivity contribution >= 4 is 14.3 Å². The van der Waals surface area contributed by atoms with Crippen LogP contribution in [0, 0.1) is 0 Å². The summed E-state index contributed by atoms with van der Waals surface area (Å²) in [6, 6.07) is 13.5. The smallest absolute Gasteiger partial charge is 0.325 e. The number of hydrogen-bond acceptors (Lipinski definition) is 5. The highest BCUT2D eigenvalue weighted by Gasteiger charge is 2.38. The van der Waals surface area contributed by atoms with Crippen LogP contribution in [0.5, 0.6) is 0 Å². The second-order valence-corrected chi connectivity index (χ2v) is 13.2. The molecule has 1 aromatic heterocycles. The largest absolute Gasteiger partial charge is 0.468 e. The lowest BCUT2D eigenvalue weighted by molar-refractivity contribution is -0.144. The SMILES string of the molecule is COC(=O)[C@H](CO[Si](C)(C)C(C)(C)C)NCc1ccc(-c2ccccn2)cc1. The van der Waals surface area contributed by atoms with Crippen LogP contribution >= 0.6 is 0 Å². The third-order valence-electron chi connectivity index (χ3n) is 5.37. The maximum absolute atomic E-state index is 12.2. The Kier molecular flexibility index (Phi) is 7.52. The first-order valence-electron chi connectivity index (χ1n) is 9.59. The van der Waals surface area contributed by atoms with E-state index in [4.69, 9.17) is 9.16 Å². The predicted octanol–water partition coefficient (Wildman–Crippen LogP) is 4.40. The molecule has 152 valence electrons. The first-order chi connectivity index (χ1) is 13.1. The third-order valence-corrected chi connectivity index (χ3v) is 9.87. The summed E-state index contributed by atoms with van der Waals surface area (Å²) >= 11 is 0. The molecule has 1 heterocycles. The molecule has 1 aromatic carbocycles. The summed E-state index contributed by atoms with van der Waals surface area (Å²) in [6.45, 7) is 11.8. The summed E-state index contributed by atoms with van der Waals surface area (Å²) in [5, 5.41) is 3.37. The molecule has 28 heavy (non-hydrogen) atoms. The van der Waals surface area contributed by atoms with E-state index in [0.29, 0.717) is 13.2 Å². The van der Waals surface area contributed by atoms with Gasteiger partial charge < -0.3 is 9.16 Å². The fourth-order valence-corrected chi connectivity index (χ4v) is 3.45. The van der Waals surface area contributed by atoms with E-state index in [2.05, 4.69) is 44.2 Å². The van der Waals surface area contributed by atoms with Gasteiger partial charge in [0.15, 0.2) is 8.32 Å². The number of aromatic nitrogens is 1. The van der Waals surface area contributed by atoms with Crippen molar-refractivity contribution in [3.8, 4) is 11.3 Å². The molecule has 0 saturated heterocycles. The van der Waals surface area contributed by atoms with E-state index in [1.807, 2.05) is 42.5 Å². The van der Waals surface area contributed by atoms with E-state index in [-0.39, 0.29) is 11.0 Å². The molecule has 0 fully saturated rings. The topological polar surface area (TPSA) is 60.5 Å². The van der Waals surface area contributed by atoms with Crippen LogP contribution in [0.15, 0.2) is 48.7 Å². The molecule has 2 rings (SSSR count). The number of pyridine rings is 1. The molecule has 5 nitrogen and oxygen atoms in total. The minimum atomic E-state index is -1.93. The molecular weight excluding hydrogens is 368 g/mol. The van der Waals surface area contributed by atoms with Crippen LogP contribution in [0.25, 0.3) is 11.3 Å². The molecule has 1 atom stereocenters. The first-order valence-corrected chi connectivity index (χ1v) is 12.5. The number of rotatable bonds is 8. The standard InChI is InChI=1S/C22H32N2O3Si/c1-22(2,3)28(5,6)27-16-20(21(25)26-4)24-15-17-10-12-18(13-11-17)19-9-7-8-14-23-19/h7-14,20,24H,15-16H2,1-6H3/t20-/m0/s1. The number of nitrogens with one attached hydrogen (secondary N) is 1. The molecule has 0 unspecified atom stereocenters. The van der Waals surface area contributed by atoms with Crippen molar-refractivity contribution in [2.45, 2.75) is 51.5 Å². The predicted molar refractivity (Wildman–Crippen MR) is 115 cm³/mol. The first kappa shape index (κ1) is 22.3. The number of ether oxygens (including phenoxy) is 1. The van der Waals surface area contributed by atoms with Crippen LogP contribution in [0.2, 0.25) is 18.1 Å². The maximum atomic E-state index is 12.2. The number of methoxy groups -OCH3 is 1. The van der Waals surface area contributed by atoms with Gasteiger partial charge in [-0.25, -0.2) is 0 Å². The zero-order chi connectivity index (χ0) is 20.8. The van der Waals surface area contributed by atoms with E-state index in [1.165, 1.54) is 7.11 Å². The molecule has 0 spiro atoms. The Bertz CT molecular complexity index is 756. The molecule has 6 heteroatoms. The minimum absolute atomic E-state index is 0.0922. The highest BCUT2D eigenvalue weighted by atomic mass is 28.4. The Labute approximate surface area is 169 Å². The average Bonchev–Trinajstić information content (AvgIpc) is 2.67. The van der Waals surface area contributed by atoms with E-state index >= 15 is 0 Å². The lowest BCUT2D eigenvalue weighted by Gasteiger charge is -2.37. The summed E-state index contributed by atoms with van der Waals surface area (Å²) in [5.74, 6) is -0.302. The molecule has 0 amide bonds. The molecule has 0 bridgehead atoms. The monoisotopic (exact) mass is 400 g/mol. The molecular formula is C22H32N2O3Si. The van der Waals surface area contributed by atoms with E-state index in [9.17, 15) is 4.79 Å². The number of nitrogens with zero attached hydrogens (tertiary/aromatic N) is 1. The van der Waals surface area contributed by atoms with Gasteiger partial charge in [-0.2, -0.15) is 0 Å². The Morgan fingerprint density at radius 2 is 1.82 bits per heavy atom. The lowest BCUT2D eigenvalue weighted by Crippen LogP contribution is -2.47. The van der Waals surface area contributed by atoms with Crippen LogP contribution in [-0.2, 0) is 20.5 Å². The molecule has 0 radical (unpaired) electrons. The summed E-state index contributed by atoms with van der Waals surface area (Å²) in [5.41, 5.74) is 3.09. The van der Waals surface area contributed by atoms with Crippen molar-refractivity contribution in [2.24, 2.45) is 0 Å². The van der Waals surface area contributed by atoms with Gasteiger partial charge >= 0.3 is 5.97 Å². The van der Waals surface area contributed by atoms with Crippen molar-refractivity contribution in [1.29, 1.82) is 0 Å². The zero-order valence-corrected chi connectivity index (χ0v) is 18.8. The second kappa shape index (κ2) is 9.45. The highest BCUT2D eigenvalue weighted by Crippen LogP contribution is 2.36. The maximum Gasteiger partial charge on any atom is 0.325 e. The van der Waals surface area contributed by atoms with Crippen LogP contribution in [-0.4, -0.2) is 39.0 Å². The Balaban J connectivity index is 1.99. The highest BCUT2D eigenvalue weighted by molar-refractivity contribution is 6.74.